The van der Waals surface area contributed by atoms with E-state index in [1.807, 2.05) is 26.8 Å². The molecule has 0 spiro atoms. The van der Waals surface area contributed by atoms with Gasteiger partial charge in [-0.15, -0.1) is 0 Å². The van der Waals surface area contributed by atoms with Gasteiger partial charge in [0.15, 0.2) is 0 Å². The SMILES string of the molecule is CC(C)(C)OC(=O)CNc1ccc(C#N)cn1. The Morgan fingerprint density at radius 2 is 2.24 bits per heavy atom. The topological polar surface area (TPSA) is 75.0 Å². The van der Waals surface area contributed by atoms with E-state index >= 15 is 0 Å². The molecule has 1 aromatic heterocycles. The average molecular weight is 233 g/mol. The van der Waals surface area contributed by atoms with Crippen LogP contribution in [-0.2, 0) is 9.53 Å². The zero-order valence-electron chi connectivity index (χ0n) is 10.2. The summed E-state index contributed by atoms with van der Waals surface area (Å²) >= 11 is 0. The number of hydrogen-bond acceptors (Lipinski definition) is 5. The van der Waals surface area contributed by atoms with E-state index in [0.29, 0.717) is 11.4 Å². The summed E-state index contributed by atoms with van der Waals surface area (Å²) in [5, 5.41) is 11.4. The first kappa shape index (κ1) is 13.0. The predicted molar refractivity (Wildman–Crippen MR) is 63.3 cm³/mol. The molecule has 1 rings (SSSR count). The highest BCUT2D eigenvalue weighted by Crippen LogP contribution is 2.08. The molecule has 0 saturated heterocycles. The van der Waals surface area contributed by atoms with E-state index in [1.54, 1.807) is 12.1 Å². The highest BCUT2D eigenvalue weighted by molar-refractivity contribution is 5.74. The zero-order chi connectivity index (χ0) is 12.9. The Morgan fingerprint density at radius 1 is 1.53 bits per heavy atom. The number of nitrogens with one attached hydrogen (secondary N) is 1. The minimum Gasteiger partial charge on any atom is -0.459 e. The maximum atomic E-state index is 11.4. The number of nitrogens with zero attached hydrogens (tertiary/aromatic N) is 2. The van der Waals surface area contributed by atoms with Gasteiger partial charge in [-0.2, -0.15) is 5.26 Å². The predicted octanol–water partition coefficient (Wildman–Crippen LogP) is 1.71. The molecular weight excluding hydrogens is 218 g/mol. The summed E-state index contributed by atoms with van der Waals surface area (Å²) in [7, 11) is 0. The second kappa shape index (κ2) is 5.30. The molecule has 0 atom stereocenters. The van der Waals surface area contributed by atoms with Crippen LogP contribution in [0.5, 0.6) is 0 Å². The lowest BCUT2D eigenvalue weighted by atomic mass is 10.2. The molecule has 0 unspecified atom stereocenters. The molecule has 0 aromatic carbocycles. The van der Waals surface area contributed by atoms with Crippen LogP contribution in [0.2, 0.25) is 0 Å². The van der Waals surface area contributed by atoms with E-state index in [2.05, 4.69) is 10.3 Å². The normalized spacial score (nSPS) is 10.5. The molecule has 5 nitrogen and oxygen atoms in total. The van der Waals surface area contributed by atoms with Crippen molar-refractivity contribution in [2.75, 3.05) is 11.9 Å². The number of anilines is 1. The third kappa shape index (κ3) is 4.98. The Balaban J connectivity index is 2.45. The number of esters is 1. The van der Waals surface area contributed by atoms with Crippen LogP contribution in [0.4, 0.5) is 5.82 Å². The average Bonchev–Trinajstić information content (AvgIpc) is 2.25. The molecule has 0 aliphatic rings. The Hall–Kier alpha value is -2.09. The summed E-state index contributed by atoms with van der Waals surface area (Å²) < 4.78 is 5.12. The summed E-state index contributed by atoms with van der Waals surface area (Å²) in [6, 6.07) is 5.24. The molecule has 0 fully saturated rings. The van der Waals surface area contributed by atoms with Crippen molar-refractivity contribution in [2.45, 2.75) is 26.4 Å². The molecule has 90 valence electrons. The van der Waals surface area contributed by atoms with Crippen molar-refractivity contribution in [3.8, 4) is 6.07 Å². The van der Waals surface area contributed by atoms with Crippen LogP contribution in [0.1, 0.15) is 26.3 Å². The second-order valence-electron chi connectivity index (χ2n) is 4.48. The second-order valence-corrected chi connectivity index (χ2v) is 4.48. The van der Waals surface area contributed by atoms with E-state index in [4.69, 9.17) is 10.00 Å². The Bertz CT molecular complexity index is 427. The fourth-order valence-electron chi connectivity index (χ4n) is 1.10. The molecule has 0 aliphatic carbocycles. The smallest absolute Gasteiger partial charge is 0.325 e. The van der Waals surface area contributed by atoms with Crippen LogP contribution >= 0.6 is 0 Å². The van der Waals surface area contributed by atoms with Gasteiger partial charge in [0.05, 0.1) is 5.56 Å². The summed E-state index contributed by atoms with van der Waals surface area (Å²) in [6.45, 7) is 5.48. The summed E-state index contributed by atoms with van der Waals surface area (Å²) in [5.74, 6) is 0.193. The molecular formula is C12H15N3O2. The van der Waals surface area contributed by atoms with E-state index in [1.165, 1.54) is 6.20 Å². The van der Waals surface area contributed by atoms with Gasteiger partial charge < -0.3 is 10.1 Å². The van der Waals surface area contributed by atoms with E-state index in [9.17, 15) is 4.79 Å². The van der Waals surface area contributed by atoms with Crippen LogP contribution in [0.3, 0.4) is 0 Å². The van der Waals surface area contributed by atoms with E-state index in [-0.39, 0.29) is 12.5 Å². The fourth-order valence-corrected chi connectivity index (χ4v) is 1.10. The molecule has 0 aliphatic heterocycles. The van der Waals surface area contributed by atoms with Crippen molar-refractivity contribution in [3.63, 3.8) is 0 Å². The first-order chi connectivity index (χ1) is 7.90. The Morgan fingerprint density at radius 3 is 2.71 bits per heavy atom. The first-order valence-electron chi connectivity index (χ1n) is 5.22. The first-order valence-corrected chi connectivity index (χ1v) is 5.22. The number of ether oxygens (including phenoxy) is 1. The van der Waals surface area contributed by atoms with Crippen molar-refractivity contribution < 1.29 is 9.53 Å². The largest absolute Gasteiger partial charge is 0.459 e. The number of aromatic nitrogens is 1. The number of carbonyl (C=O) groups excluding carboxylic acids is 1. The number of carbonyl (C=O) groups is 1. The molecule has 0 bridgehead atoms. The lowest BCUT2D eigenvalue weighted by Gasteiger charge is -2.19. The molecule has 5 heteroatoms. The summed E-state index contributed by atoms with van der Waals surface area (Å²) in [4.78, 5) is 15.4. The minimum atomic E-state index is -0.489. The minimum absolute atomic E-state index is 0.0518. The number of nitriles is 1. The lowest BCUT2D eigenvalue weighted by Crippen LogP contribution is -2.28. The van der Waals surface area contributed by atoms with E-state index < -0.39 is 5.60 Å². The van der Waals surface area contributed by atoms with Crippen molar-refractivity contribution in [3.05, 3.63) is 23.9 Å². The monoisotopic (exact) mass is 233 g/mol. The third-order valence-corrected chi connectivity index (χ3v) is 1.73. The highest BCUT2D eigenvalue weighted by atomic mass is 16.6. The summed E-state index contributed by atoms with van der Waals surface area (Å²) in [5.41, 5.74) is -0.00977. The third-order valence-electron chi connectivity index (χ3n) is 1.73. The van der Waals surface area contributed by atoms with Gasteiger partial charge >= 0.3 is 5.97 Å². The molecule has 1 aromatic rings. The molecule has 1 N–H and O–H groups in total. The van der Waals surface area contributed by atoms with Gasteiger partial charge in [0, 0.05) is 6.20 Å². The molecule has 0 radical (unpaired) electrons. The van der Waals surface area contributed by atoms with Gasteiger partial charge in [0.25, 0.3) is 0 Å². The number of rotatable bonds is 3. The maximum absolute atomic E-state index is 11.4. The molecule has 0 amide bonds. The van der Waals surface area contributed by atoms with Gasteiger partial charge in [0.1, 0.15) is 24.0 Å². The fraction of sp³-hybridized carbons (Fsp3) is 0.417. The van der Waals surface area contributed by atoms with Crippen molar-refractivity contribution in [1.29, 1.82) is 5.26 Å². The highest BCUT2D eigenvalue weighted by Gasteiger charge is 2.15. The van der Waals surface area contributed by atoms with Crippen LogP contribution in [0, 0.1) is 11.3 Å². The Kier molecular flexibility index (Phi) is 4.05. The molecule has 1 heterocycles. The van der Waals surface area contributed by atoms with E-state index in [0.717, 1.165) is 0 Å². The summed E-state index contributed by atoms with van der Waals surface area (Å²) in [6.07, 6.45) is 1.44. The number of pyridine rings is 1. The quantitative estimate of drug-likeness (QED) is 0.804. The van der Waals surface area contributed by atoms with Gasteiger partial charge in [-0.25, -0.2) is 4.98 Å². The van der Waals surface area contributed by atoms with Crippen molar-refractivity contribution in [1.82, 2.24) is 4.98 Å². The molecule has 0 saturated carbocycles. The van der Waals surface area contributed by atoms with Gasteiger partial charge in [-0.05, 0) is 32.9 Å². The maximum Gasteiger partial charge on any atom is 0.325 e. The lowest BCUT2D eigenvalue weighted by molar-refractivity contribution is -0.152. The standard InChI is InChI=1S/C12H15N3O2/c1-12(2,3)17-11(16)8-15-10-5-4-9(6-13)7-14-10/h4-5,7H,8H2,1-3H3,(H,14,15). The van der Waals surface area contributed by atoms with Crippen molar-refractivity contribution >= 4 is 11.8 Å². The van der Waals surface area contributed by atoms with Crippen LogP contribution < -0.4 is 5.32 Å². The zero-order valence-corrected chi connectivity index (χ0v) is 10.2. The van der Waals surface area contributed by atoms with Crippen LogP contribution in [0.25, 0.3) is 0 Å². The Labute approximate surface area is 100 Å². The van der Waals surface area contributed by atoms with Gasteiger partial charge in [0.2, 0.25) is 0 Å². The van der Waals surface area contributed by atoms with Crippen molar-refractivity contribution in [2.24, 2.45) is 0 Å². The van der Waals surface area contributed by atoms with Crippen LogP contribution in [0.15, 0.2) is 18.3 Å². The van der Waals surface area contributed by atoms with Gasteiger partial charge in [-0.3, -0.25) is 4.79 Å². The molecule has 17 heavy (non-hydrogen) atoms. The van der Waals surface area contributed by atoms with Crippen LogP contribution in [-0.4, -0.2) is 23.1 Å². The number of hydrogen-bond donors (Lipinski definition) is 1. The van der Waals surface area contributed by atoms with Gasteiger partial charge in [-0.1, -0.05) is 0 Å².